The molecule has 3 heteroatoms. The Morgan fingerprint density at radius 3 is 2.88 bits per heavy atom. The van der Waals surface area contributed by atoms with Crippen LogP contribution in [0.2, 0.25) is 0 Å². The van der Waals surface area contributed by atoms with Gasteiger partial charge in [-0.3, -0.25) is 4.98 Å². The Morgan fingerprint density at radius 1 is 1.44 bits per heavy atom. The third-order valence-electron chi connectivity index (χ3n) is 2.48. The van der Waals surface area contributed by atoms with E-state index in [1.54, 1.807) is 11.3 Å². The van der Waals surface area contributed by atoms with E-state index in [0.717, 1.165) is 12.2 Å². The summed E-state index contributed by atoms with van der Waals surface area (Å²) >= 11 is 1.79. The maximum Gasteiger partial charge on any atom is 0.0759 e. The van der Waals surface area contributed by atoms with Gasteiger partial charge in [0.15, 0.2) is 0 Å². The lowest BCUT2D eigenvalue weighted by molar-refractivity contribution is 0.617. The number of hydrogen-bond acceptors (Lipinski definition) is 3. The van der Waals surface area contributed by atoms with E-state index >= 15 is 0 Å². The standard InChI is InChI=1S/C13H16N2S/c1-3-14-13(11-8-10(2)16-9-11)12-6-4-5-7-15-12/h4-9,13-14H,3H2,1-2H3. The van der Waals surface area contributed by atoms with Crippen LogP contribution in [0.1, 0.15) is 29.1 Å². The average Bonchev–Trinajstić information content (AvgIpc) is 2.74. The highest BCUT2D eigenvalue weighted by atomic mass is 32.1. The third kappa shape index (κ3) is 2.49. The second kappa shape index (κ2) is 5.23. The molecule has 0 aromatic carbocycles. The van der Waals surface area contributed by atoms with E-state index < -0.39 is 0 Å². The minimum Gasteiger partial charge on any atom is -0.305 e. The van der Waals surface area contributed by atoms with Gasteiger partial charge in [0.2, 0.25) is 0 Å². The number of nitrogens with zero attached hydrogens (tertiary/aromatic N) is 1. The molecule has 0 aliphatic rings. The van der Waals surface area contributed by atoms with E-state index in [1.807, 2.05) is 18.3 Å². The number of pyridine rings is 1. The van der Waals surface area contributed by atoms with Crippen LogP contribution in [0.3, 0.4) is 0 Å². The van der Waals surface area contributed by atoms with Crippen molar-refractivity contribution in [3.05, 3.63) is 52.0 Å². The summed E-state index contributed by atoms with van der Waals surface area (Å²) in [5, 5.41) is 5.68. The fourth-order valence-electron chi connectivity index (χ4n) is 1.76. The molecular weight excluding hydrogens is 216 g/mol. The zero-order valence-electron chi connectivity index (χ0n) is 9.60. The van der Waals surface area contributed by atoms with Gasteiger partial charge in [-0.1, -0.05) is 13.0 Å². The Balaban J connectivity index is 2.31. The highest BCUT2D eigenvalue weighted by molar-refractivity contribution is 7.10. The normalized spacial score (nSPS) is 12.6. The predicted octanol–water partition coefficient (Wildman–Crippen LogP) is 3.15. The molecule has 1 unspecified atom stereocenters. The van der Waals surface area contributed by atoms with E-state index in [4.69, 9.17) is 0 Å². The number of thiophene rings is 1. The molecule has 0 saturated heterocycles. The molecule has 2 aromatic heterocycles. The Labute approximate surface area is 100 Å². The molecule has 0 saturated carbocycles. The molecule has 2 aromatic rings. The fourth-order valence-corrected chi connectivity index (χ4v) is 2.49. The average molecular weight is 232 g/mol. The minimum atomic E-state index is 0.219. The van der Waals surface area contributed by atoms with Crippen molar-refractivity contribution in [1.82, 2.24) is 10.3 Å². The molecule has 0 fully saturated rings. The Kier molecular flexibility index (Phi) is 3.70. The molecule has 0 bridgehead atoms. The van der Waals surface area contributed by atoms with Gasteiger partial charge in [0.25, 0.3) is 0 Å². The van der Waals surface area contributed by atoms with Gasteiger partial charge in [0, 0.05) is 11.1 Å². The summed E-state index contributed by atoms with van der Waals surface area (Å²) in [5.41, 5.74) is 2.39. The quantitative estimate of drug-likeness (QED) is 0.876. The summed E-state index contributed by atoms with van der Waals surface area (Å²) < 4.78 is 0. The first-order valence-electron chi connectivity index (χ1n) is 5.50. The van der Waals surface area contributed by atoms with Crippen LogP contribution in [0.4, 0.5) is 0 Å². The zero-order valence-corrected chi connectivity index (χ0v) is 10.4. The molecule has 2 nitrogen and oxygen atoms in total. The Bertz CT molecular complexity index is 436. The Hall–Kier alpha value is -1.19. The first-order chi connectivity index (χ1) is 7.81. The summed E-state index contributed by atoms with van der Waals surface area (Å²) in [6, 6.07) is 8.50. The SMILES string of the molecule is CCNC(c1csc(C)c1)c1ccccn1. The molecule has 2 rings (SSSR count). The van der Waals surface area contributed by atoms with Gasteiger partial charge in [0.1, 0.15) is 0 Å². The van der Waals surface area contributed by atoms with E-state index in [2.05, 4.69) is 41.7 Å². The molecule has 0 radical (unpaired) electrons. The van der Waals surface area contributed by atoms with Crippen LogP contribution < -0.4 is 5.32 Å². The summed E-state index contributed by atoms with van der Waals surface area (Å²) in [4.78, 5) is 5.77. The molecule has 84 valence electrons. The second-order valence-corrected chi connectivity index (χ2v) is 4.85. The molecule has 16 heavy (non-hydrogen) atoms. The van der Waals surface area contributed by atoms with Crippen molar-refractivity contribution in [3.63, 3.8) is 0 Å². The van der Waals surface area contributed by atoms with Crippen LogP contribution in [0.5, 0.6) is 0 Å². The van der Waals surface area contributed by atoms with Gasteiger partial charge >= 0.3 is 0 Å². The van der Waals surface area contributed by atoms with E-state index in [0.29, 0.717) is 0 Å². The molecule has 2 heterocycles. The molecule has 1 N–H and O–H groups in total. The van der Waals surface area contributed by atoms with Gasteiger partial charge in [-0.15, -0.1) is 11.3 Å². The fraction of sp³-hybridized carbons (Fsp3) is 0.308. The van der Waals surface area contributed by atoms with E-state index in [1.165, 1.54) is 10.4 Å². The first kappa shape index (κ1) is 11.3. The molecule has 0 spiro atoms. The summed E-state index contributed by atoms with van der Waals surface area (Å²) in [7, 11) is 0. The van der Waals surface area contributed by atoms with Crippen LogP contribution in [-0.2, 0) is 0 Å². The minimum absolute atomic E-state index is 0.219. The first-order valence-corrected chi connectivity index (χ1v) is 6.38. The topological polar surface area (TPSA) is 24.9 Å². The van der Waals surface area contributed by atoms with Gasteiger partial charge in [-0.25, -0.2) is 0 Å². The molecule has 1 atom stereocenters. The summed E-state index contributed by atoms with van der Waals surface area (Å²) in [5.74, 6) is 0. The lowest BCUT2D eigenvalue weighted by atomic mass is 10.1. The van der Waals surface area contributed by atoms with Crippen LogP contribution >= 0.6 is 11.3 Å². The van der Waals surface area contributed by atoms with Crippen molar-refractivity contribution in [2.24, 2.45) is 0 Å². The number of aromatic nitrogens is 1. The van der Waals surface area contributed by atoms with Crippen molar-refractivity contribution in [2.75, 3.05) is 6.54 Å². The van der Waals surface area contributed by atoms with E-state index in [-0.39, 0.29) is 6.04 Å². The van der Waals surface area contributed by atoms with Crippen LogP contribution in [-0.4, -0.2) is 11.5 Å². The predicted molar refractivity (Wildman–Crippen MR) is 68.8 cm³/mol. The van der Waals surface area contributed by atoms with E-state index in [9.17, 15) is 0 Å². The number of aryl methyl sites for hydroxylation is 1. The summed E-state index contributed by atoms with van der Waals surface area (Å²) in [6.07, 6.45) is 1.85. The van der Waals surface area contributed by atoms with Crippen molar-refractivity contribution < 1.29 is 0 Å². The van der Waals surface area contributed by atoms with Crippen molar-refractivity contribution >= 4 is 11.3 Å². The molecule has 0 aliphatic carbocycles. The maximum absolute atomic E-state index is 4.43. The molecular formula is C13H16N2S. The highest BCUT2D eigenvalue weighted by Gasteiger charge is 2.14. The van der Waals surface area contributed by atoms with Crippen LogP contribution in [0.25, 0.3) is 0 Å². The lowest BCUT2D eigenvalue weighted by Gasteiger charge is -2.15. The van der Waals surface area contributed by atoms with Crippen molar-refractivity contribution in [2.45, 2.75) is 19.9 Å². The Morgan fingerprint density at radius 2 is 2.31 bits per heavy atom. The van der Waals surface area contributed by atoms with Gasteiger partial charge in [-0.2, -0.15) is 0 Å². The summed E-state index contributed by atoms with van der Waals surface area (Å²) in [6.45, 7) is 5.20. The monoisotopic (exact) mass is 232 g/mol. The number of hydrogen-bond donors (Lipinski definition) is 1. The van der Waals surface area contributed by atoms with Crippen molar-refractivity contribution in [3.8, 4) is 0 Å². The maximum atomic E-state index is 4.43. The van der Waals surface area contributed by atoms with Gasteiger partial charge < -0.3 is 5.32 Å². The third-order valence-corrected chi connectivity index (χ3v) is 3.36. The van der Waals surface area contributed by atoms with Gasteiger partial charge in [0.05, 0.1) is 11.7 Å². The smallest absolute Gasteiger partial charge is 0.0759 e. The largest absolute Gasteiger partial charge is 0.305 e. The highest BCUT2D eigenvalue weighted by Crippen LogP contribution is 2.24. The zero-order chi connectivity index (χ0) is 11.4. The lowest BCUT2D eigenvalue weighted by Crippen LogP contribution is -2.22. The van der Waals surface area contributed by atoms with Crippen LogP contribution in [0, 0.1) is 6.92 Å². The van der Waals surface area contributed by atoms with Crippen LogP contribution in [0.15, 0.2) is 35.8 Å². The van der Waals surface area contributed by atoms with Crippen molar-refractivity contribution in [1.29, 1.82) is 0 Å². The molecule has 0 aliphatic heterocycles. The molecule has 0 amide bonds. The van der Waals surface area contributed by atoms with Gasteiger partial charge in [-0.05, 0) is 42.6 Å². The second-order valence-electron chi connectivity index (χ2n) is 3.74. The number of rotatable bonds is 4. The number of nitrogens with one attached hydrogen (secondary N) is 1.